The van der Waals surface area contributed by atoms with Crippen molar-refractivity contribution in [2.45, 2.75) is 44.2 Å². The maximum atomic E-state index is 6.09. The molecule has 2 saturated heterocycles. The molecule has 2 rings (SSSR count). The van der Waals surface area contributed by atoms with Crippen molar-refractivity contribution >= 4 is 0 Å². The van der Waals surface area contributed by atoms with Gasteiger partial charge in [0.1, 0.15) is 0 Å². The van der Waals surface area contributed by atoms with Gasteiger partial charge in [-0.3, -0.25) is 4.90 Å². The SMILES string of the molecule is CCC1CN(C2(CN)CCCOCC2)CCO1. The molecule has 2 aliphatic heterocycles. The largest absolute Gasteiger partial charge is 0.381 e. The highest BCUT2D eigenvalue weighted by atomic mass is 16.5. The van der Waals surface area contributed by atoms with Crippen LogP contribution in [0.2, 0.25) is 0 Å². The Morgan fingerprint density at radius 2 is 2.18 bits per heavy atom. The van der Waals surface area contributed by atoms with Crippen molar-refractivity contribution < 1.29 is 9.47 Å². The Hall–Kier alpha value is -0.160. The molecular weight excluding hydrogens is 216 g/mol. The average molecular weight is 242 g/mol. The molecule has 0 aromatic rings. The first-order valence-electron chi connectivity index (χ1n) is 6.95. The van der Waals surface area contributed by atoms with E-state index >= 15 is 0 Å². The van der Waals surface area contributed by atoms with Crippen molar-refractivity contribution in [2.24, 2.45) is 5.73 Å². The fourth-order valence-corrected chi connectivity index (χ4v) is 3.04. The van der Waals surface area contributed by atoms with Gasteiger partial charge in [0.15, 0.2) is 0 Å². The van der Waals surface area contributed by atoms with Crippen molar-refractivity contribution in [3.05, 3.63) is 0 Å². The Bertz CT molecular complexity index is 227. The van der Waals surface area contributed by atoms with E-state index in [1.54, 1.807) is 0 Å². The zero-order chi connectivity index (χ0) is 12.1. The predicted molar refractivity (Wildman–Crippen MR) is 68.1 cm³/mol. The van der Waals surface area contributed by atoms with Crippen LogP contribution in [0.4, 0.5) is 0 Å². The van der Waals surface area contributed by atoms with E-state index in [9.17, 15) is 0 Å². The fourth-order valence-electron chi connectivity index (χ4n) is 3.04. The quantitative estimate of drug-likeness (QED) is 0.802. The first-order chi connectivity index (χ1) is 8.30. The summed E-state index contributed by atoms with van der Waals surface area (Å²) in [5, 5.41) is 0. The zero-order valence-corrected chi connectivity index (χ0v) is 11.0. The maximum Gasteiger partial charge on any atom is 0.0700 e. The molecule has 2 fully saturated rings. The summed E-state index contributed by atoms with van der Waals surface area (Å²) >= 11 is 0. The van der Waals surface area contributed by atoms with Crippen molar-refractivity contribution in [1.82, 2.24) is 4.90 Å². The first-order valence-corrected chi connectivity index (χ1v) is 6.95. The number of hydrogen-bond donors (Lipinski definition) is 1. The van der Waals surface area contributed by atoms with Crippen molar-refractivity contribution in [1.29, 1.82) is 0 Å². The van der Waals surface area contributed by atoms with Crippen molar-refractivity contribution in [3.8, 4) is 0 Å². The minimum atomic E-state index is 0.160. The highest BCUT2D eigenvalue weighted by Crippen LogP contribution is 2.29. The molecule has 0 aromatic carbocycles. The van der Waals surface area contributed by atoms with Crippen LogP contribution in [0.15, 0.2) is 0 Å². The molecular formula is C13H26N2O2. The van der Waals surface area contributed by atoms with Crippen molar-refractivity contribution in [2.75, 3.05) is 39.5 Å². The van der Waals surface area contributed by atoms with Crippen LogP contribution in [0.25, 0.3) is 0 Å². The Morgan fingerprint density at radius 1 is 1.29 bits per heavy atom. The molecule has 100 valence electrons. The average Bonchev–Trinajstić information content (AvgIpc) is 2.65. The summed E-state index contributed by atoms with van der Waals surface area (Å²) in [6, 6.07) is 0. The molecule has 17 heavy (non-hydrogen) atoms. The lowest BCUT2D eigenvalue weighted by Gasteiger charge is -2.46. The highest BCUT2D eigenvalue weighted by molar-refractivity contribution is 4.94. The third-order valence-electron chi connectivity index (χ3n) is 4.29. The monoisotopic (exact) mass is 242 g/mol. The van der Waals surface area contributed by atoms with Crippen LogP contribution >= 0.6 is 0 Å². The van der Waals surface area contributed by atoms with E-state index in [2.05, 4.69) is 11.8 Å². The van der Waals surface area contributed by atoms with E-state index in [4.69, 9.17) is 15.2 Å². The van der Waals surface area contributed by atoms with Crippen LogP contribution in [-0.4, -0.2) is 56.0 Å². The summed E-state index contributed by atoms with van der Waals surface area (Å²) in [4.78, 5) is 2.57. The molecule has 0 aliphatic carbocycles. The van der Waals surface area contributed by atoms with Crippen molar-refractivity contribution in [3.63, 3.8) is 0 Å². The van der Waals surface area contributed by atoms with E-state index < -0.39 is 0 Å². The van der Waals surface area contributed by atoms with Gasteiger partial charge >= 0.3 is 0 Å². The molecule has 4 heteroatoms. The minimum Gasteiger partial charge on any atom is -0.381 e. The molecule has 2 unspecified atom stereocenters. The normalized spacial score (nSPS) is 36.7. The van der Waals surface area contributed by atoms with Gasteiger partial charge in [-0.25, -0.2) is 0 Å². The van der Waals surface area contributed by atoms with E-state index in [-0.39, 0.29) is 5.54 Å². The van der Waals surface area contributed by atoms with Crippen LogP contribution in [0.5, 0.6) is 0 Å². The Labute approximate surface area is 104 Å². The lowest BCUT2D eigenvalue weighted by molar-refractivity contribution is -0.0736. The molecule has 2 heterocycles. The molecule has 0 bridgehead atoms. The third kappa shape index (κ3) is 2.99. The number of nitrogens with two attached hydrogens (primary N) is 1. The summed E-state index contributed by atoms with van der Waals surface area (Å²) in [5.41, 5.74) is 6.25. The number of nitrogens with zero attached hydrogens (tertiary/aromatic N) is 1. The summed E-state index contributed by atoms with van der Waals surface area (Å²) in [7, 11) is 0. The molecule has 0 aromatic heterocycles. The van der Waals surface area contributed by atoms with Crippen LogP contribution in [0.1, 0.15) is 32.6 Å². The number of hydrogen-bond acceptors (Lipinski definition) is 4. The number of morpholine rings is 1. The molecule has 4 nitrogen and oxygen atoms in total. The van der Waals surface area contributed by atoms with Gasteiger partial charge in [0, 0.05) is 38.4 Å². The highest BCUT2D eigenvalue weighted by Gasteiger charge is 2.38. The smallest absolute Gasteiger partial charge is 0.0700 e. The first kappa shape index (κ1) is 13.3. The predicted octanol–water partition coefficient (Wildman–Crippen LogP) is 0.995. The summed E-state index contributed by atoms with van der Waals surface area (Å²) in [6.45, 7) is 7.59. The number of ether oxygens (including phenoxy) is 2. The molecule has 2 aliphatic rings. The topological polar surface area (TPSA) is 47.7 Å². The van der Waals surface area contributed by atoms with Gasteiger partial charge in [-0.1, -0.05) is 6.92 Å². The molecule has 0 saturated carbocycles. The second kappa shape index (κ2) is 6.14. The van der Waals surface area contributed by atoms with Gasteiger partial charge in [-0.2, -0.15) is 0 Å². The van der Waals surface area contributed by atoms with Gasteiger partial charge in [0.25, 0.3) is 0 Å². The van der Waals surface area contributed by atoms with E-state index in [1.807, 2.05) is 0 Å². The van der Waals surface area contributed by atoms with E-state index in [0.717, 1.165) is 58.7 Å². The summed E-state index contributed by atoms with van der Waals surface area (Å²) in [5.74, 6) is 0. The van der Waals surface area contributed by atoms with Gasteiger partial charge in [0.2, 0.25) is 0 Å². The molecule has 2 atom stereocenters. The second-order valence-electron chi connectivity index (χ2n) is 5.24. The van der Waals surface area contributed by atoms with E-state index in [0.29, 0.717) is 6.10 Å². The Morgan fingerprint density at radius 3 is 2.94 bits per heavy atom. The van der Waals surface area contributed by atoms with Gasteiger partial charge in [-0.05, 0) is 25.7 Å². The summed E-state index contributed by atoms with van der Waals surface area (Å²) in [6.07, 6.45) is 4.84. The molecule has 0 amide bonds. The van der Waals surface area contributed by atoms with Gasteiger partial charge in [0.05, 0.1) is 12.7 Å². The lowest BCUT2D eigenvalue weighted by Crippen LogP contribution is -2.59. The van der Waals surface area contributed by atoms with Crippen LogP contribution in [-0.2, 0) is 9.47 Å². The minimum absolute atomic E-state index is 0.160. The lowest BCUT2D eigenvalue weighted by atomic mass is 9.87. The molecule has 2 N–H and O–H groups in total. The second-order valence-corrected chi connectivity index (χ2v) is 5.24. The Kier molecular flexibility index (Phi) is 4.79. The Balaban J connectivity index is 2.04. The van der Waals surface area contributed by atoms with E-state index in [1.165, 1.54) is 6.42 Å². The molecule has 0 spiro atoms. The van der Waals surface area contributed by atoms with Gasteiger partial charge in [-0.15, -0.1) is 0 Å². The number of rotatable bonds is 3. The van der Waals surface area contributed by atoms with Gasteiger partial charge < -0.3 is 15.2 Å². The fraction of sp³-hybridized carbons (Fsp3) is 1.00. The molecule has 0 radical (unpaired) electrons. The standard InChI is InChI=1S/C13H26N2O2/c1-2-12-10-15(6-9-17-12)13(11-14)4-3-7-16-8-5-13/h12H,2-11,14H2,1H3. The maximum absolute atomic E-state index is 6.09. The third-order valence-corrected chi connectivity index (χ3v) is 4.29. The van der Waals surface area contributed by atoms with Crippen LogP contribution in [0.3, 0.4) is 0 Å². The zero-order valence-electron chi connectivity index (χ0n) is 11.0. The van der Waals surface area contributed by atoms with Crippen LogP contribution < -0.4 is 5.73 Å². The van der Waals surface area contributed by atoms with Crippen LogP contribution in [0, 0.1) is 0 Å². The summed E-state index contributed by atoms with van der Waals surface area (Å²) < 4.78 is 11.3.